The summed E-state index contributed by atoms with van der Waals surface area (Å²) in [6.07, 6.45) is 0.663. The lowest BCUT2D eigenvalue weighted by Crippen LogP contribution is -2.44. The van der Waals surface area contributed by atoms with Gasteiger partial charge in [-0.3, -0.25) is 24.6 Å². The molecule has 8 heteroatoms. The number of carbonyl (C=O) groups excluding carboxylic acids is 2. The van der Waals surface area contributed by atoms with Crippen molar-refractivity contribution in [3.05, 3.63) is 75.2 Å². The first kappa shape index (κ1) is 21.7. The van der Waals surface area contributed by atoms with Crippen LogP contribution in [0.15, 0.2) is 53.7 Å². The number of halogens is 1. The fourth-order valence-electron chi connectivity index (χ4n) is 4.64. The van der Waals surface area contributed by atoms with Gasteiger partial charge in [-0.05, 0) is 41.7 Å². The maximum Gasteiger partial charge on any atom is 0.297 e. The zero-order valence-electron chi connectivity index (χ0n) is 18.1. The Morgan fingerprint density at radius 2 is 1.81 bits per heavy atom. The summed E-state index contributed by atoms with van der Waals surface area (Å²) in [6, 6.07) is 10.1. The Bertz CT molecular complexity index is 1150. The average molecular weight is 438 g/mol. The van der Waals surface area contributed by atoms with Crippen LogP contribution in [0.25, 0.3) is 0 Å². The lowest BCUT2D eigenvalue weighted by molar-refractivity contribution is -0.384. The van der Waals surface area contributed by atoms with Crippen molar-refractivity contribution in [3.63, 3.8) is 0 Å². The smallest absolute Gasteiger partial charge is 0.297 e. The van der Waals surface area contributed by atoms with E-state index in [9.17, 15) is 24.1 Å². The Kier molecular flexibility index (Phi) is 5.32. The Morgan fingerprint density at radius 3 is 2.44 bits per heavy atom. The van der Waals surface area contributed by atoms with Crippen LogP contribution >= 0.6 is 0 Å². The summed E-state index contributed by atoms with van der Waals surface area (Å²) in [7, 11) is 1.40. The van der Waals surface area contributed by atoms with Gasteiger partial charge in [-0.15, -0.1) is 0 Å². The van der Waals surface area contributed by atoms with Crippen LogP contribution in [0, 0.1) is 21.3 Å². The van der Waals surface area contributed by atoms with Crippen molar-refractivity contribution in [1.82, 2.24) is 0 Å². The molecule has 7 nitrogen and oxygen atoms in total. The number of nitro benzene ring substituents is 1. The van der Waals surface area contributed by atoms with Crippen LogP contribution in [0.3, 0.4) is 0 Å². The first-order chi connectivity index (χ1) is 15.1. The van der Waals surface area contributed by atoms with Crippen molar-refractivity contribution < 1.29 is 23.6 Å². The van der Waals surface area contributed by atoms with Gasteiger partial charge in [-0.25, -0.2) is 4.39 Å². The fourth-order valence-corrected chi connectivity index (χ4v) is 4.64. The molecule has 2 aromatic carbocycles. The second kappa shape index (κ2) is 7.85. The monoisotopic (exact) mass is 438 g/mol. The SMILES string of the molecule is COc1ccc(N2C(=O)CC(c3ccc(F)cc3)C3=C2CC(C)(C)CC3=O)c([N+](=O)[O-])c1. The highest BCUT2D eigenvalue weighted by Crippen LogP contribution is 2.49. The standard InChI is InChI=1S/C24H23FN2O5/c1-24(2)12-20-23(21(28)13-24)17(14-4-6-15(25)7-5-14)11-22(29)26(20)18-9-8-16(32-3)10-19(18)27(30)31/h4-10,17H,11-13H2,1-3H3. The largest absolute Gasteiger partial charge is 0.496 e. The van der Waals surface area contributed by atoms with E-state index in [4.69, 9.17) is 4.74 Å². The third-order valence-corrected chi connectivity index (χ3v) is 6.04. The van der Waals surface area contributed by atoms with Gasteiger partial charge in [0.25, 0.3) is 5.69 Å². The summed E-state index contributed by atoms with van der Waals surface area (Å²) in [5.41, 5.74) is 1.03. The van der Waals surface area contributed by atoms with Crippen molar-refractivity contribution >= 4 is 23.1 Å². The van der Waals surface area contributed by atoms with Crippen LogP contribution in [-0.2, 0) is 9.59 Å². The summed E-state index contributed by atoms with van der Waals surface area (Å²) >= 11 is 0. The lowest BCUT2D eigenvalue weighted by Gasteiger charge is -2.42. The second-order valence-electron chi connectivity index (χ2n) is 8.95. The van der Waals surface area contributed by atoms with Crippen molar-refractivity contribution in [2.75, 3.05) is 12.0 Å². The van der Waals surface area contributed by atoms with E-state index in [1.807, 2.05) is 13.8 Å². The second-order valence-corrected chi connectivity index (χ2v) is 8.95. The summed E-state index contributed by atoms with van der Waals surface area (Å²) in [5, 5.41) is 11.8. The number of amides is 1. The number of ether oxygens (including phenoxy) is 1. The number of benzene rings is 2. The summed E-state index contributed by atoms with van der Waals surface area (Å²) in [5.74, 6) is -1.08. The number of methoxy groups -OCH3 is 1. The maximum atomic E-state index is 13.5. The lowest BCUT2D eigenvalue weighted by atomic mass is 9.69. The first-order valence-electron chi connectivity index (χ1n) is 10.3. The molecule has 1 heterocycles. The van der Waals surface area contributed by atoms with Crippen LogP contribution in [0.4, 0.5) is 15.8 Å². The number of hydrogen-bond donors (Lipinski definition) is 0. The molecule has 0 bridgehead atoms. The van der Waals surface area contributed by atoms with Gasteiger partial charge in [-0.1, -0.05) is 26.0 Å². The molecule has 1 atom stereocenters. The summed E-state index contributed by atoms with van der Waals surface area (Å²) in [6.45, 7) is 3.86. The number of nitrogens with zero attached hydrogens (tertiary/aromatic N) is 2. The van der Waals surface area contributed by atoms with Gasteiger partial charge < -0.3 is 4.74 Å². The molecule has 1 aliphatic carbocycles. The molecule has 0 N–H and O–H groups in total. The molecule has 32 heavy (non-hydrogen) atoms. The Balaban J connectivity index is 1.93. The van der Waals surface area contributed by atoms with E-state index in [-0.39, 0.29) is 29.5 Å². The van der Waals surface area contributed by atoms with Crippen molar-refractivity contribution in [3.8, 4) is 5.75 Å². The minimum Gasteiger partial charge on any atom is -0.496 e. The molecule has 1 unspecified atom stereocenters. The molecule has 0 aromatic heterocycles. The zero-order chi connectivity index (χ0) is 23.2. The van der Waals surface area contributed by atoms with E-state index in [0.717, 1.165) is 0 Å². The van der Waals surface area contributed by atoms with Crippen LogP contribution in [0.5, 0.6) is 5.75 Å². The number of nitro groups is 1. The van der Waals surface area contributed by atoms with Crippen molar-refractivity contribution in [2.24, 2.45) is 5.41 Å². The zero-order valence-corrected chi connectivity index (χ0v) is 18.1. The van der Waals surface area contributed by atoms with Gasteiger partial charge in [0.2, 0.25) is 5.91 Å². The highest BCUT2D eigenvalue weighted by Gasteiger charge is 2.45. The van der Waals surface area contributed by atoms with Gasteiger partial charge in [0.05, 0.1) is 18.1 Å². The number of rotatable bonds is 4. The van der Waals surface area contributed by atoms with E-state index < -0.39 is 22.1 Å². The predicted octanol–water partition coefficient (Wildman–Crippen LogP) is 4.91. The third-order valence-electron chi connectivity index (χ3n) is 6.04. The molecule has 0 radical (unpaired) electrons. The van der Waals surface area contributed by atoms with Gasteiger partial charge in [0.15, 0.2) is 5.78 Å². The highest BCUT2D eigenvalue weighted by molar-refractivity contribution is 6.08. The molecule has 2 aliphatic rings. The normalized spacial score (nSPS) is 20.2. The Labute approximate surface area is 184 Å². The van der Waals surface area contributed by atoms with E-state index in [0.29, 0.717) is 35.4 Å². The van der Waals surface area contributed by atoms with Crippen molar-refractivity contribution in [2.45, 2.75) is 39.0 Å². The van der Waals surface area contributed by atoms with Gasteiger partial charge in [0.1, 0.15) is 17.3 Å². The van der Waals surface area contributed by atoms with Crippen LogP contribution in [-0.4, -0.2) is 23.7 Å². The summed E-state index contributed by atoms with van der Waals surface area (Å²) < 4.78 is 18.6. The molecular weight excluding hydrogens is 415 g/mol. The summed E-state index contributed by atoms with van der Waals surface area (Å²) in [4.78, 5) is 39.2. The third kappa shape index (κ3) is 3.77. The fraction of sp³-hybridized carbons (Fsp3) is 0.333. The maximum absolute atomic E-state index is 13.5. The molecule has 0 saturated heterocycles. The molecule has 4 rings (SSSR count). The van der Waals surface area contributed by atoms with Crippen LogP contribution < -0.4 is 9.64 Å². The minimum atomic E-state index is -0.562. The number of ketones is 1. The van der Waals surface area contributed by atoms with Gasteiger partial charge >= 0.3 is 0 Å². The molecule has 0 saturated carbocycles. The average Bonchev–Trinajstić information content (AvgIpc) is 2.72. The quantitative estimate of drug-likeness (QED) is 0.500. The van der Waals surface area contributed by atoms with E-state index >= 15 is 0 Å². The van der Waals surface area contributed by atoms with E-state index in [1.165, 1.54) is 36.3 Å². The van der Waals surface area contributed by atoms with Crippen molar-refractivity contribution in [1.29, 1.82) is 0 Å². The van der Waals surface area contributed by atoms with Gasteiger partial charge in [0, 0.05) is 30.0 Å². The Morgan fingerprint density at radius 1 is 1.12 bits per heavy atom. The number of Topliss-reactive ketones (excluding diaryl/α,β-unsaturated/α-hetero) is 1. The highest BCUT2D eigenvalue weighted by atomic mass is 19.1. The minimum absolute atomic E-state index is 0.0418. The molecule has 0 fully saturated rings. The topological polar surface area (TPSA) is 89.8 Å². The van der Waals surface area contributed by atoms with Gasteiger partial charge in [-0.2, -0.15) is 0 Å². The Hall–Kier alpha value is -3.55. The number of hydrogen-bond acceptors (Lipinski definition) is 5. The predicted molar refractivity (Wildman–Crippen MR) is 116 cm³/mol. The molecule has 0 spiro atoms. The van der Waals surface area contributed by atoms with E-state index in [2.05, 4.69) is 0 Å². The first-order valence-corrected chi connectivity index (χ1v) is 10.3. The van der Waals surface area contributed by atoms with E-state index in [1.54, 1.807) is 18.2 Å². The molecule has 2 aromatic rings. The number of anilines is 1. The van der Waals surface area contributed by atoms with Crippen LogP contribution in [0.1, 0.15) is 44.6 Å². The van der Waals surface area contributed by atoms with Crippen LogP contribution in [0.2, 0.25) is 0 Å². The number of allylic oxidation sites excluding steroid dienone is 2. The number of carbonyl (C=O) groups is 2. The molecular formula is C24H23FN2O5. The molecule has 166 valence electrons. The molecule has 1 amide bonds. The molecule has 1 aliphatic heterocycles.